The molecule has 1 aliphatic heterocycles. The molecule has 0 radical (unpaired) electrons. The van der Waals surface area contributed by atoms with Crippen molar-refractivity contribution in [3.8, 4) is 0 Å². The highest BCUT2D eigenvalue weighted by Gasteiger charge is 2.29. The summed E-state index contributed by atoms with van der Waals surface area (Å²) in [6.07, 6.45) is 6.22. The van der Waals surface area contributed by atoms with Crippen LogP contribution in [-0.4, -0.2) is 49.8 Å². The first-order valence-corrected chi connectivity index (χ1v) is 11.0. The van der Waals surface area contributed by atoms with Crippen LogP contribution in [0.15, 0.2) is 29.4 Å². The van der Waals surface area contributed by atoms with E-state index in [1.807, 2.05) is 16.3 Å². The summed E-state index contributed by atoms with van der Waals surface area (Å²) in [4.78, 5) is 23.8. The molecule has 158 valence electrons. The molecule has 2 atom stereocenters. The molecule has 0 unspecified atom stereocenters. The van der Waals surface area contributed by atoms with Crippen LogP contribution >= 0.6 is 11.3 Å². The number of allylic oxidation sites excluding steroid dienone is 1. The number of piperidine rings is 1. The van der Waals surface area contributed by atoms with Gasteiger partial charge in [-0.25, -0.2) is 4.98 Å². The van der Waals surface area contributed by atoms with E-state index < -0.39 is 6.10 Å². The van der Waals surface area contributed by atoms with Crippen LogP contribution in [-0.2, 0) is 4.79 Å². The number of nitrogens with two attached hydrogens (primary N) is 1. The van der Waals surface area contributed by atoms with Gasteiger partial charge in [0, 0.05) is 25.7 Å². The SMILES string of the molecule is C[C@@H](O)c1nc2cnc3ccsc3c2n1[C@H]1CCCN(C(=O)CC/C(C=N)=C/N)C1. The van der Waals surface area contributed by atoms with Crippen molar-refractivity contribution in [3.63, 3.8) is 0 Å². The average molecular weight is 427 g/mol. The van der Waals surface area contributed by atoms with Crippen molar-refractivity contribution in [2.75, 3.05) is 13.1 Å². The molecule has 0 bridgehead atoms. The van der Waals surface area contributed by atoms with E-state index in [4.69, 9.17) is 11.1 Å². The molecule has 1 saturated heterocycles. The number of nitrogens with zero attached hydrogens (tertiary/aromatic N) is 4. The molecule has 4 N–H and O–H groups in total. The van der Waals surface area contributed by atoms with E-state index >= 15 is 0 Å². The van der Waals surface area contributed by atoms with Gasteiger partial charge >= 0.3 is 0 Å². The van der Waals surface area contributed by atoms with Crippen LogP contribution in [0.5, 0.6) is 0 Å². The summed E-state index contributed by atoms with van der Waals surface area (Å²) in [6.45, 7) is 3.01. The van der Waals surface area contributed by atoms with E-state index in [2.05, 4.69) is 14.5 Å². The van der Waals surface area contributed by atoms with Gasteiger partial charge in [-0.3, -0.25) is 9.78 Å². The third-order valence-electron chi connectivity index (χ3n) is 5.67. The number of aliphatic hydroxyl groups excluding tert-OH is 1. The van der Waals surface area contributed by atoms with E-state index in [1.54, 1.807) is 24.5 Å². The van der Waals surface area contributed by atoms with Crippen molar-refractivity contribution in [3.05, 3.63) is 35.2 Å². The quantitative estimate of drug-likeness (QED) is 0.523. The number of pyridine rings is 1. The van der Waals surface area contributed by atoms with E-state index in [0.29, 0.717) is 37.3 Å². The molecule has 30 heavy (non-hydrogen) atoms. The number of aromatic nitrogens is 3. The standard InChI is InChI=1S/C21H26N6O2S/c1-13(28)21-25-17-11-24-16-6-8-30-20(16)19(17)27(21)15-3-2-7-26(12-15)18(29)5-4-14(9-22)10-23/h6,8-11,13,15,22,28H,2-5,7,12,23H2,1H3/b14-10-,22-9?/t13-,15+/m1/s1. The fourth-order valence-corrected chi connectivity index (χ4v) is 5.05. The van der Waals surface area contributed by atoms with Crippen molar-refractivity contribution in [2.24, 2.45) is 5.73 Å². The number of fused-ring (bicyclic) bond motifs is 3. The molecule has 0 spiro atoms. The number of imidazole rings is 1. The van der Waals surface area contributed by atoms with Crippen molar-refractivity contribution < 1.29 is 9.90 Å². The van der Waals surface area contributed by atoms with Crippen LogP contribution < -0.4 is 5.73 Å². The zero-order valence-electron chi connectivity index (χ0n) is 16.9. The first kappa shape index (κ1) is 20.5. The lowest BCUT2D eigenvalue weighted by molar-refractivity contribution is -0.132. The Morgan fingerprint density at radius 1 is 1.47 bits per heavy atom. The average Bonchev–Trinajstić information content (AvgIpc) is 3.38. The number of likely N-dealkylation sites (tertiary alicyclic amines) is 1. The summed E-state index contributed by atoms with van der Waals surface area (Å²) < 4.78 is 3.18. The molecule has 1 amide bonds. The van der Waals surface area contributed by atoms with Gasteiger partial charge in [0.2, 0.25) is 5.91 Å². The minimum Gasteiger partial charge on any atom is -0.404 e. The van der Waals surface area contributed by atoms with E-state index in [-0.39, 0.29) is 11.9 Å². The van der Waals surface area contributed by atoms with Crippen LogP contribution in [0.3, 0.4) is 0 Å². The van der Waals surface area contributed by atoms with Crippen molar-refractivity contribution in [1.82, 2.24) is 19.4 Å². The van der Waals surface area contributed by atoms with Crippen LogP contribution in [0.4, 0.5) is 0 Å². The Labute approximate surface area is 178 Å². The number of rotatable bonds is 6. The van der Waals surface area contributed by atoms with Gasteiger partial charge in [-0.1, -0.05) is 0 Å². The van der Waals surface area contributed by atoms with Gasteiger partial charge in [0.05, 0.1) is 28.0 Å². The Hall–Kier alpha value is -2.78. The first-order chi connectivity index (χ1) is 14.5. The second-order valence-corrected chi connectivity index (χ2v) is 8.58. The number of thiophene rings is 1. The molecule has 8 nitrogen and oxygen atoms in total. The minimum atomic E-state index is -0.719. The number of carbonyl (C=O) groups excluding carboxylic acids is 1. The Balaban J connectivity index is 1.66. The van der Waals surface area contributed by atoms with Gasteiger partial charge in [-0.15, -0.1) is 11.3 Å². The lowest BCUT2D eigenvalue weighted by Crippen LogP contribution is -2.41. The highest BCUT2D eigenvalue weighted by Crippen LogP contribution is 2.35. The zero-order chi connectivity index (χ0) is 21.3. The molecular formula is C21H26N6O2S. The molecule has 3 aromatic rings. The number of amides is 1. The predicted octanol–water partition coefficient (Wildman–Crippen LogP) is 3.14. The largest absolute Gasteiger partial charge is 0.404 e. The van der Waals surface area contributed by atoms with E-state index in [1.165, 1.54) is 12.4 Å². The number of aliphatic hydroxyl groups is 1. The predicted molar refractivity (Wildman–Crippen MR) is 119 cm³/mol. The monoisotopic (exact) mass is 426 g/mol. The molecule has 0 saturated carbocycles. The van der Waals surface area contributed by atoms with Gasteiger partial charge < -0.3 is 25.7 Å². The van der Waals surface area contributed by atoms with Crippen molar-refractivity contribution in [1.29, 1.82) is 5.41 Å². The van der Waals surface area contributed by atoms with Crippen molar-refractivity contribution in [2.45, 2.75) is 44.8 Å². The highest BCUT2D eigenvalue weighted by molar-refractivity contribution is 7.18. The van der Waals surface area contributed by atoms with Crippen LogP contribution in [0.1, 0.15) is 50.6 Å². The lowest BCUT2D eigenvalue weighted by Gasteiger charge is -2.35. The summed E-state index contributed by atoms with van der Waals surface area (Å²) in [5.41, 5.74) is 8.82. The molecule has 4 heterocycles. The summed E-state index contributed by atoms with van der Waals surface area (Å²) in [6, 6.07) is 2.03. The van der Waals surface area contributed by atoms with Gasteiger partial charge in [0.15, 0.2) is 0 Å². The Kier molecular flexibility index (Phi) is 5.83. The third kappa shape index (κ3) is 3.70. The van der Waals surface area contributed by atoms with E-state index in [9.17, 15) is 9.90 Å². The Bertz CT molecular complexity index is 1120. The maximum Gasteiger partial charge on any atom is 0.222 e. The maximum atomic E-state index is 12.8. The minimum absolute atomic E-state index is 0.0391. The van der Waals surface area contributed by atoms with Gasteiger partial charge in [0.1, 0.15) is 17.4 Å². The fourth-order valence-electron chi connectivity index (χ4n) is 4.17. The lowest BCUT2D eigenvalue weighted by atomic mass is 10.0. The van der Waals surface area contributed by atoms with Gasteiger partial charge in [-0.05, 0) is 49.4 Å². The summed E-state index contributed by atoms with van der Waals surface area (Å²) in [5.74, 6) is 0.677. The summed E-state index contributed by atoms with van der Waals surface area (Å²) in [7, 11) is 0. The molecule has 0 aromatic carbocycles. The van der Waals surface area contributed by atoms with Crippen LogP contribution in [0.25, 0.3) is 21.3 Å². The second-order valence-electron chi connectivity index (χ2n) is 7.66. The highest BCUT2D eigenvalue weighted by atomic mass is 32.1. The fraction of sp³-hybridized carbons (Fsp3) is 0.429. The number of hydrogen-bond acceptors (Lipinski definition) is 7. The molecular weight excluding hydrogens is 400 g/mol. The van der Waals surface area contributed by atoms with Gasteiger partial charge in [0.25, 0.3) is 0 Å². The molecule has 1 fully saturated rings. The molecule has 1 aliphatic rings. The second kappa shape index (κ2) is 8.53. The third-order valence-corrected chi connectivity index (χ3v) is 6.58. The van der Waals surface area contributed by atoms with Crippen molar-refractivity contribution >= 4 is 44.7 Å². The van der Waals surface area contributed by atoms with Crippen LogP contribution in [0, 0.1) is 5.41 Å². The summed E-state index contributed by atoms with van der Waals surface area (Å²) in [5, 5.41) is 19.8. The van der Waals surface area contributed by atoms with Gasteiger partial charge in [-0.2, -0.15) is 0 Å². The molecule has 9 heteroatoms. The van der Waals surface area contributed by atoms with Crippen LogP contribution in [0.2, 0.25) is 0 Å². The number of nitrogens with one attached hydrogen (secondary N) is 1. The molecule has 0 aliphatic carbocycles. The number of hydrogen-bond donors (Lipinski definition) is 3. The first-order valence-electron chi connectivity index (χ1n) is 10.1. The Morgan fingerprint density at radius 2 is 2.30 bits per heavy atom. The molecule has 4 rings (SSSR count). The maximum absolute atomic E-state index is 12.8. The topological polar surface area (TPSA) is 121 Å². The molecule has 3 aromatic heterocycles. The Morgan fingerprint density at radius 3 is 3.03 bits per heavy atom. The number of carbonyl (C=O) groups is 1. The van der Waals surface area contributed by atoms with E-state index in [0.717, 1.165) is 34.1 Å². The smallest absolute Gasteiger partial charge is 0.222 e. The summed E-state index contributed by atoms with van der Waals surface area (Å²) >= 11 is 1.62. The normalized spacial score (nSPS) is 18.8. The zero-order valence-corrected chi connectivity index (χ0v) is 17.7.